The van der Waals surface area contributed by atoms with Crippen LogP contribution in [-0.2, 0) is 17.8 Å². The van der Waals surface area contributed by atoms with Crippen molar-refractivity contribution in [3.8, 4) is 5.75 Å². The van der Waals surface area contributed by atoms with E-state index in [4.69, 9.17) is 9.84 Å². The molecule has 0 saturated heterocycles. The molecule has 1 heterocycles. The van der Waals surface area contributed by atoms with E-state index in [-0.39, 0.29) is 18.0 Å². The van der Waals surface area contributed by atoms with Crippen molar-refractivity contribution in [1.82, 2.24) is 15.1 Å². The quantitative estimate of drug-likeness (QED) is 0.803. The van der Waals surface area contributed by atoms with Crippen LogP contribution in [0.2, 0.25) is 0 Å². The number of nitrogens with zero attached hydrogens (tertiary/aromatic N) is 2. The van der Waals surface area contributed by atoms with E-state index < -0.39 is 5.97 Å². The van der Waals surface area contributed by atoms with Crippen LogP contribution in [0.25, 0.3) is 0 Å². The Morgan fingerprint density at radius 2 is 2.04 bits per heavy atom. The first kappa shape index (κ1) is 17.5. The summed E-state index contributed by atoms with van der Waals surface area (Å²) in [6, 6.07) is 6.63. The Morgan fingerprint density at radius 1 is 1.29 bits per heavy atom. The molecule has 0 bridgehead atoms. The summed E-state index contributed by atoms with van der Waals surface area (Å²) in [6.07, 6.45) is 0.548. The van der Waals surface area contributed by atoms with Crippen LogP contribution in [0, 0.1) is 13.8 Å². The second-order valence-corrected chi connectivity index (χ2v) is 5.52. The van der Waals surface area contributed by atoms with Crippen molar-refractivity contribution in [2.45, 2.75) is 26.8 Å². The van der Waals surface area contributed by atoms with Crippen molar-refractivity contribution in [3.63, 3.8) is 0 Å². The first-order valence-corrected chi connectivity index (χ1v) is 7.58. The number of aromatic carboxylic acids is 1. The molecule has 0 unspecified atom stereocenters. The third-order valence-electron chi connectivity index (χ3n) is 3.65. The molecular weight excluding hydrogens is 310 g/mol. The highest BCUT2D eigenvalue weighted by Gasteiger charge is 2.10. The maximum atomic E-state index is 12.0. The number of methoxy groups -OCH3 is 1. The number of nitrogens with one attached hydrogen (secondary N) is 1. The van der Waals surface area contributed by atoms with E-state index in [1.807, 2.05) is 19.9 Å². The van der Waals surface area contributed by atoms with Gasteiger partial charge in [0.05, 0.1) is 18.4 Å². The van der Waals surface area contributed by atoms with E-state index in [1.165, 1.54) is 19.2 Å². The molecule has 7 nitrogen and oxygen atoms in total. The first-order valence-electron chi connectivity index (χ1n) is 7.58. The lowest BCUT2D eigenvalue weighted by Gasteiger charge is -2.10. The monoisotopic (exact) mass is 331 g/mol. The van der Waals surface area contributed by atoms with Crippen molar-refractivity contribution in [2.24, 2.45) is 0 Å². The summed E-state index contributed by atoms with van der Waals surface area (Å²) in [5.74, 6) is -0.622. The average Bonchev–Trinajstić information content (AvgIpc) is 2.84. The normalized spacial score (nSPS) is 10.5. The molecule has 2 rings (SSSR count). The molecule has 7 heteroatoms. The van der Waals surface area contributed by atoms with Crippen molar-refractivity contribution >= 4 is 11.9 Å². The summed E-state index contributed by atoms with van der Waals surface area (Å²) in [5, 5.41) is 16.1. The van der Waals surface area contributed by atoms with Gasteiger partial charge in [-0.1, -0.05) is 6.07 Å². The zero-order chi connectivity index (χ0) is 17.7. The van der Waals surface area contributed by atoms with Gasteiger partial charge < -0.3 is 15.2 Å². The third kappa shape index (κ3) is 4.34. The second kappa shape index (κ2) is 7.63. The van der Waals surface area contributed by atoms with Gasteiger partial charge in [-0.05, 0) is 44.0 Å². The molecular formula is C17H21N3O4. The van der Waals surface area contributed by atoms with Crippen molar-refractivity contribution in [2.75, 3.05) is 13.7 Å². The summed E-state index contributed by atoms with van der Waals surface area (Å²) < 4.78 is 6.88. The molecule has 1 aromatic carbocycles. The number of rotatable bonds is 7. The lowest BCUT2D eigenvalue weighted by molar-refractivity contribution is -0.121. The lowest BCUT2D eigenvalue weighted by Crippen LogP contribution is -2.30. The standard InChI is InChI=1S/C17H21N3O4/c1-11-8-12(2)20(19-11)10-16(21)18-7-6-13-4-5-14(17(22)23)9-15(13)24-3/h4-5,8-9H,6-7,10H2,1-3H3,(H,18,21)(H,22,23). The topological polar surface area (TPSA) is 93.5 Å². The van der Waals surface area contributed by atoms with Gasteiger partial charge in [-0.15, -0.1) is 0 Å². The molecule has 0 saturated carbocycles. The second-order valence-electron chi connectivity index (χ2n) is 5.52. The van der Waals surface area contributed by atoms with Gasteiger partial charge in [-0.2, -0.15) is 5.10 Å². The molecule has 0 aliphatic heterocycles. The van der Waals surface area contributed by atoms with Crippen LogP contribution in [0.15, 0.2) is 24.3 Å². The van der Waals surface area contributed by atoms with Gasteiger partial charge in [0, 0.05) is 12.2 Å². The van der Waals surface area contributed by atoms with Crippen molar-refractivity contribution in [1.29, 1.82) is 0 Å². The number of hydrogen-bond donors (Lipinski definition) is 2. The first-order chi connectivity index (χ1) is 11.4. The maximum absolute atomic E-state index is 12.0. The highest BCUT2D eigenvalue weighted by atomic mass is 16.5. The van der Waals surface area contributed by atoms with Crippen LogP contribution >= 0.6 is 0 Å². The summed E-state index contributed by atoms with van der Waals surface area (Å²) in [6.45, 7) is 4.40. The average molecular weight is 331 g/mol. The van der Waals surface area contributed by atoms with Gasteiger partial charge in [0.2, 0.25) is 5.91 Å². The fourth-order valence-electron chi connectivity index (χ4n) is 2.45. The Balaban J connectivity index is 1.90. The van der Waals surface area contributed by atoms with E-state index in [9.17, 15) is 9.59 Å². The van der Waals surface area contributed by atoms with E-state index in [1.54, 1.807) is 10.7 Å². The van der Waals surface area contributed by atoms with Crippen LogP contribution < -0.4 is 10.1 Å². The number of ether oxygens (including phenoxy) is 1. The minimum absolute atomic E-state index is 0.123. The molecule has 0 aliphatic carbocycles. The van der Waals surface area contributed by atoms with Crippen LogP contribution in [-0.4, -0.2) is 40.4 Å². The number of hydrogen-bond acceptors (Lipinski definition) is 4. The van der Waals surface area contributed by atoms with Crippen molar-refractivity contribution in [3.05, 3.63) is 46.8 Å². The minimum Gasteiger partial charge on any atom is -0.496 e. The number of aromatic nitrogens is 2. The van der Waals surface area contributed by atoms with E-state index >= 15 is 0 Å². The molecule has 0 atom stereocenters. The smallest absolute Gasteiger partial charge is 0.335 e. The Hall–Kier alpha value is -2.83. The molecule has 1 amide bonds. The zero-order valence-corrected chi connectivity index (χ0v) is 14.0. The van der Waals surface area contributed by atoms with Crippen LogP contribution in [0.3, 0.4) is 0 Å². The Labute approximate surface area is 140 Å². The number of carboxylic acids is 1. The fraction of sp³-hybridized carbons (Fsp3) is 0.353. The fourth-order valence-corrected chi connectivity index (χ4v) is 2.45. The number of benzene rings is 1. The van der Waals surface area contributed by atoms with Crippen molar-refractivity contribution < 1.29 is 19.4 Å². The molecule has 0 radical (unpaired) electrons. The largest absolute Gasteiger partial charge is 0.496 e. The number of carbonyl (C=O) groups excluding carboxylic acids is 1. The molecule has 0 spiro atoms. The van der Waals surface area contributed by atoms with Crippen LogP contribution in [0.4, 0.5) is 0 Å². The van der Waals surface area contributed by atoms with E-state index in [0.29, 0.717) is 18.7 Å². The van der Waals surface area contributed by atoms with Gasteiger partial charge in [0.1, 0.15) is 12.3 Å². The maximum Gasteiger partial charge on any atom is 0.335 e. The Bertz CT molecular complexity index is 752. The van der Waals surface area contributed by atoms with E-state index in [0.717, 1.165) is 17.0 Å². The van der Waals surface area contributed by atoms with Gasteiger partial charge in [0.25, 0.3) is 0 Å². The minimum atomic E-state index is -1.00. The lowest BCUT2D eigenvalue weighted by atomic mass is 10.1. The Morgan fingerprint density at radius 3 is 2.62 bits per heavy atom. The van der Waals surface area contributed by atoms with Gasteiger partial charge in [0.15, 0.2) is 0 Å². The van der Waals surface area contributed by atoms with E-state index in [2.05, 4.69) is 10.4 Å². The summed E-state index contributed by atoms with van der Waals surface area (Å²) in [4.78, 5) is 22.9. The van der Waals surface area contributed by atoms with Gasteiger partial charge in [-0.25, -0.2) is 4.79 Å². The Kier molecular flexibility index (Phi) is 5.57. The molecule has 24 heavy (non-hydrogen) atoms. The summed E-state index contributed by atoms with van der Waals surface area (Å²) in [7, 11) is 1.49. The molecule has 2 N–H and O–H groups in total. The summed E-state index contributed by atoms with van der Waals surface area (Å²) >= 11 is 0. The van der Waals surface area contributed by atoms with Gasteiger partial charge in [-0.3, -0.25) is 9.48 Å². The highest BCUT2D eigenvalue weighted by Crippen LogP contribution is 2.20. The number of carboxylic acid groups (broad SMARTS) is 1. The number of aryl methyl sites for hydroxylation is 2. The summed E-state index contributed by atoms with van der Waals surface area (Å²) in [5.41, 5.74) is 2.83. The number of amides is 1. The SMILES string of the molecule is COc1cc(C(=O)O)ccc1CCNC(=O)Cn1nc(C)cc1C. The molecule has 1 aromatic heterocycles. The van der Waals surface area contributed by atoms with Crippen LogP contribution in [0.1, 0.15) is 27.3 Å². The molecule has 128 valence electrons. The zero-order valence-electron chi connectivity index (χ0n) is 14.0. The molecule has 0 aliphatic rings. The molecule has 2 aromatic rings. The number of carbonyl (C=O) groups is 2. The highest BCUT2D eigenvalue weighted by molar-refractivity contribution is 5.88. The molecule has 0 fully saturated rings. The third-order valence-corrected chi connectivity index (χ3v) is 3.65. The van der Waals surface area contributed by atoms with Gasteiger partial charge >= 0.3 is 5.97 Å². The van der Waals surface area contributed by atoms with Crippen LogP contribution in [0.5, 0.6) is 5.75 Å². The predicted octanol–water partition coefficient (Wildman–Crippen LogP) is 1.57. The predicted molar refractivity (Wildman–Crippen MR) is 88.4 cm³/mol.